The van der Waals surface area contributed by atoms with Gasteiger partial charge in [-0.3, -0.25) is 9.59 Å². The van der Waals surface area contributed by atoms with Gasteiger partial charge < -0.3 is 30.3 Å². The van der Waals surface area contributed by atoms with Crippen molar-refractivity contribution < 1.29 is 29.3 Å². The summed E-state index contributed by atoms with van der Waals surface area (Å²) in [5, 5.41) is 27.1. The Bertz CT molecular complexity index is 650. The molecule has 0 aromatic heterocycles. The second-order valence-corrected chi connectivity index (χ2v) is 11.0. The van der Waals surface area contributed by atoms with Gasteiger partial charge in [0.2, 0.25) is 5.91 Å². The van der Waals surface area contributed by atoms with E-state index in [0.29, 0.717) is 5.92 Å². The van der Waals surface area contributed by atoms with E-state index in [1.807, 2.05) is 0 Å². The molecule has 0 aromatic rings. The molecule has 0 radical (unpaired) electrons. The molecule has 2 aliphatic heterocycles. The summed E-state index contributed by atoms with van der Waals surface area (Å²) in [5.74, 6) is 0.790. The zero-order valence-corrected chi connectivity index (χ0v) is 20.6. The SMILES string of the molecule is CS[C@H]1O[C@H]([C@H](NC(=O)C2CCC(CC3CC3)CCN2)[C@H](C)Cl)[C@H](O)[C@H](O)[C@H]1OC(C)=O. The molecule has 2 heterocycles. The highest BCUT2D eigenvalue weighted by Crippen LogP contribution is 2.38. The third-order valence-electron chi connectivity index (χ3n) is 6.76. The molecule has 1 saturated carbocycles. The predicted molar refractivity (Wildman–Crippen MR) is 123 cm³/mol. The Morgan fingerprint density at radius 3 is 2.44 bits per heavy atom. The number of hydrogen-bond acceptors (Lipinski definition) is 8. The van der Waals surface area contributed by atoms with Crippen LogP contribution in [-0.2, 0) is 19.1 Å². The van der Waals surface area contributed by atoms with Gasteiger partial charge in [-0.05, 0) is 57.2 Å². The zero-order chi connectivity index (χ0) is 23.4. The second-order valence-electron chi connectivity index (χ2n) is 9.39. The number of alkyl halides is 1. The maximum Gasteiger partial charge on any atom is 0.303 e. The highest BCUT2D eigenvalue weighted by Gasteiger charge is 2.50. The summed E-state index contributed by atoms with van der Waals surface area (Å²) in [6.07, 6.45) is 3.87. The van der Waals surface area contributed by atoms with Gasteiger partial charge in [-0.2, -0.15) is 0 Å². The second kappa shape index (κ2) is 11.7. The summed E-state index contributed by atoms with van der Waals surface area (Å²) in [5.41, 5.74) is -0.698. The Morgan fingerprint density at radius 2 is 1.84 bits per heavy atom. The fourth-order valence-electron chi connectivity index (χ4n) is 4.78. The first-order valence-corrected chi connectivity index (χ1v) is 13.3. The molecule has 1 amide bonds. The van der Waals surface area contributed by atoms with E-state index in [2.05, 4.69) is 10.6 Å². The summed E-state index contributed by atoms with van der Waals surface area (Å²) in [7, 11) is 0. The van der Waals surface area contributed by atoms with E-state index >= 15 is 0 Å². The molecule has 4 N–H and O–H groups in total. The Labute approximate surface area is 199 Å². The molecule has 2 unspecified atom stereocenters. The molecule has 0 aromatic carbocycles. The number of aliphatic hydroxyl groups excluding tert-OH is 2. The average Bonchev–Trinajstić information content (AvgIpc) is 3.57. The summed E-state index contributed by atoms with van der Waals surface area (Å²) >= 11 is 7.66. The van der Waals surface area contributed by atoms with Gasteiger partial charge in [0.25, 0.3) is 0 Å². The molecule has 10 heteroatoms. The summed E-state index contributed by atoms with van der Waals surface area (Å²) in [6.45, 7) is 3.76. The third kappa shape index (κ3) is 6.73. The van der Waals surface area contributed by atoms with Gasteiger partial charge in [0.05, 0.1) is 17.5 Å². The first-order chi connectivity index (χ1) is 15.2. The number of nitrogens with one attached hydrogen (secondary N) is 2. The van der Waals surface area contributed by atoms with Crippen molar-refractivity contribution in [3.8, 4) is 0 Å². The van der Waals surface area contributed by atoms with E-state index < -0.39 is 47.2 Å². The van der Waals surface area contributed by atoms with Crippen molar-refractivity contribution in [3.63, 3.8) is 0 Å². The molecule has 3 aliphatic rings. The lowest BCUT2D eigenvalue weighted by Crippen LogP contribution is -2.65. The summed E-state index contributed by atoms with van der Waals surface area (Å²) in [6, 6.07) is -1.05. The number of rotatable bonds is 8. The smallest absolute Gasteiger partial charge is 0.303 e. The van der Waals surface area contributed by atoms with Crippen LogP contribution in [0.2, 0.25) is 0 Å². The van der Waals surface area contributed by atoms with Crippen LogP contribution in [0.1, 0.15) is 52.4 Å². The molecule has 2 saturated heterocycles. The van der Waals surface area contributed by atoms with Gasteiger partial charge in [-0.15, -0.1) is 23.4 Å². The van der Waals surface area contributed by atoms with E-state index in [4.69, 9.17) is 21.1 Å². The van der Waals surface area contributed by atoms with Crippen molar-refractivity contribution in [1.82, 2.24) is 10.6 Å². The zero-order valence-electron chi connectivity index (χ0n) is 19.0. The largest absolute Gasteiger partial charge is 0.456 e. The fraction of sp³-hybridized carbons (Fsp3) is 0.909. The van der Waals surface area contributed by atoms with E-state index in [-0.39, 0.29) is 11.9 Å². The number of carbonyl (C=O) groups is 2. The molecule has 0 bridgehead atoms. The molecule has 8 nitrogen and oxygen atoms in total. The predicted octanol–water partition coefficient (Wildman–Crippen LogP) is 1.40. The van der Waals surface area contributed by atoms with Crippen molar-refractivity contribution in [3.05, 3.63) is 0 Å². The van der Waals surface area contributed by atoms with Gasteiger partial charge in [-0.25, -0.2) is 0 Å². The van der Waals surface area contributed by atoms with Crippen LogP contribution >= 0.6 is 23.4 Å². The van der Waals surface area contributed by atoms with Crippen LogP contribution in [-0.4, -0.2) is 82.2 Å². The maximum absolute atomic E-state index is 13.1. The number of esters is 1. The minimum absolute atomic E-state index is 0.178. The number of thioether (sulfide) groups is 1. The Balaban J connectivity index is 1.63. The Hall–Kier alpha value is -0.580. The number of hydrogen-bond donors (Lipinski definition) is 4. The lowest BCUT2D eigenvalue weighted by atomic mass is 9.92. The standard InChI is InChI=1S/C22H37ClN2O6S/c1-11(23)16(19-17(27)18(28)20(30-12(2)26)22(31-19)32-3)25-21(29)15-7-6-14(8-9-24-15)10-13-4-5-13/h11,13-20,22,24,27-28H,4-10H2,1-3H3,(H,25,29)/t11-,14?,15?,16+,17+,18-,19+,20+,22+/m0/s1. The summed E-state index contributed by atoms with van der Waals surface area (Å²) < 4.78 is 11.2. The van der Waals surface area contributed by atoms with E-state index in [0.717, 1.165) is 31.7 Å². The maximum atomic E-state index is 13.1. The molecule has 9 atom stereocenters. The van der Waals surface area contributed by atoms with E-state index in [1.165, 1.54) is 37.9 Å². The van der Waals surface area contributed by atoms with Gasteiger partial charge >= 0.3 is 5.97 Å². The number of ether oxygens (including phenoxy) is 2. The highest BCUT2D eigenvalue weighted by atomic mass is 35.5. The van der Waals surface area contributed by atoms with Gasteiger partial charge in [0.1, 0.15) is 23.7 Å². The first kappa shape index (κ1) is 26.0. The molecule has 32 heavy (non-hydrogen) atoms. The van der Waals surface area contributed by atoms with Crippen molar-refractivity contribution >= 4 is 35.2 Å². The number of halogens is 1. The fourth-order valence-corrected chi connectivity index (χ4v) is 5.71. The van der Waals surface area contributed by atoms with E-state index in [9.17, 15) is 19.8 Å². The minimum Gasteiger partial charge on any atom is -0.456 e. The van der Waals surface area contributed by atoms with Crippen LogP contribution in [0, 0.1) is 11.8 Å². The van der Waals surface area contributed by atoms with Crippen molar-refractivity contribution in [2.45, 2.75) is 99.7 Å². The van der Waals surface area contributed by atoms with Crippen LogP contribution in [0.5, 0.6) is 0 Å². The van der Waals surface area contributed by atoms with Gasteiger partial charge in [0, 0.05) is 6.92 Å². The Kier molecular flexibility index (Phi) is 9.53. The first-order valence-electron chi connectivity index (χ1n) is 11.6. The van der Waals surface area contributed by atoms with E-state index in [1.54, 1.807) is 13.2 Å². The lowest BCUT2D eigenvalue weighted by Gasteiger charge is -2.45. The average molecular weight is 493 g/mol. The van der Waals surface area contributed by atoms with Crippen molar-refractivity contribution in [1.29, 1.82) is 0 Å². The third-order valence-corrected chi connectivity index (χ3v) is 7.88. The molecule has 0 spiro atoms. The normalized spacial score (nSPS) is 37.8. The number of amides is 1. The van der Waals surface area contributed by atoms with Crippen LogP contribution in [0.15, 0.2) is 0 Å². The number of carbonyl (C=O) groups excluding carboxylic acids is 2. The quantitative estimate of drug-likeness (QED) is 0.297. The topological polar surface area (TPSA) is 117 Å². The highest BCUT2D eigenvalue weighted by molar-refractivity contribution is 7.99. The lowest BCUT2D eigenvalue weighted by molar-refractivity contribution is -0.217. The number of aliphatic hydroxyl groups is 2. The molecular formula is C22H37ClN2O6S. The van der Waals surface area contributed by atoms with Crippen LogP contribution < -0.4 is 10.6 Å². The molecular weight excluding hydrogens is 456 g/mol. The van der Waals surface area contributed by atoms with Crippen molar-refractivity contribution in [2.24, 2.45) is 11.8 Å². The van der Waals surface area contributed by atoms with Gasteiger partial charge in [-0.1, -0.05) is 12.8 Å². The molecule has 184 valence electrons. The molecule has 1 aliphatic carbocycles. The summed E-state index contributed by atoms with van der Waals surface area (Å²) in [4.78, 5) is 24.5. The minimum atomic E-state index is -1.38. The van der Waals surface area contributed by atoms with Crippen LogP contribution in [0.4, 0.5) is 0 Å². The van der Waals surface area contributed by atoms with Crippen molar-refractivity contribution in [2.75, 3.05) is 12.8 Å². The van der Waals surface area contributed by atoms with Crippen LogP contribution in [0.3, 0.4) is 0 Å². The van der Waals surface area contributed by atoms with Gasteiger partial charge in [0.15, 0.2) is 6.10 Å². The van der Waals surface area contributed by atoms with Crippen LogP contribution in [0.25, 0.3) is 0 Å². The molecule has 3 fully saturated rings. The Morgan fingerprint density at radius 1 is 1.19 bits per heavy atom. The molecule has 3 rings (SSSR count). The monoisotopic (exact) mass is 492 g/mol.